The molecule has 0 nitrogen and oxygen atoms in total. The molecule has 5 aromatic carbocycles. The van der Waals surface area contributed by atoms with Gasteiger partial charge in [-0.3, -0.25) is 0 Å². The molecule has 0 N–H and O–H groups in total. The number of hydrogen-bond donors (Lipinski definition) is 0. The van der Waals surface area contributed by atoms with Crippen LogP contribution >= 0.6 is 0 Å². The van der Waals surface area contributed by atoms with Crippen molar-refractivity contribution in [3.8, 4) is 0 Å². The normalized spacial score (nSPS) is 12.0. The summed E-state index contributed by atoms with van der Waals surface area (Å²) < 4.78 is 0. The maximum Gasteiger partial charge on any atom is -0.00204 e. The van der Waals surface area contributed by atoms with Gasteiger partial charge in [-0.15, -0.1) is 0 Å². The Kier molecular flexibility index (Phi) is 1.78. The fraction of sp³-hybridized carbons (Fsp3) is 0. The second-order valence-electron chi connectivity index (χ2n) is 5.45. The Hall–Kier alpha value is -2.60. The maximum atomic E-state index is 2.31. The van der Waals surface area contributed by atoms with E-state index in [1.54, 1.807) is 0 Å². The Morgan fingerprint density at radius 2 is 1.10 bits per heavy atom. The van der Waals surface area contributed by atoms with E-state index in [2.05, 4.69) is 72.8 Å². The summed E-state index contributed by atoms with van der Waals surface area (Å²) >= 11 is 0. The summed E-state index contributed by atoms with van der Waals surface area (Å²) in [5.74, 6) is 0. The number of fused-ring (bicyclic) bond motifs is 2. The lowest BCUT2D eigenvalue weighted by molar-refractivity contribution is 1.78. The van der Waals surface area contributed by atoms with Gasteiger partial charge in [-0.1, -0.05) is 66.7 Å². The van der Waals surface area contributed by atoms with Crippen molar-refractivity contribution in [3.63, 3.8) is 0 Å². The van der Waals surface area contributed by atoms with Crippen molar-refractivity contribution in [1.29, 1.82) is 0 Å². The molecule has 0 aliphatic carbocycles. The highest BCUT2D eigenvalue weighted by Crippen LogP contribution is 2.38. The van der Waals surface area contributed by atoms with Gasteiger partial charge in [0, 0.05) is 0 Å². The molecule has 5 rings (SSSR count). The van der Waals surface area contributed by atoms with Gasteiger partial charge in [0.1, 0.15) is 0 Å². The average Bonchev–Trinajstić information content (AvgIpc) is 2.52. The summed E-state index contributed by atoms with van der Waals surface area (Å²) in [4.78, 5) is 0. The largest absolute Gasteiger partial charge is 0.0616 e. The first-order valence-corrected chi connectivity index (χ1v) is 6.97. The smallest absolute Gasteiger partial charge is 0.00204 e. The van der Waals surface area contributed by atoms with Gasteiger partial charge < -0.3 is 0 Å². The Labute approximate surface area is 116 Å². The van der Waals surface area contributed by atoms with Crippen LogP contribution < -0.4 is 0 Å². The first-order chi connectivity index (χ1) is 9.92. The Morgan fingerprint density at radius 1 is 0.400 bits per heavy atom. The lowest BCUT2D eigenvalue weighted by Gasteiger charge is -2.12. The molecule has 0 aromatic heterocycles. The molecule has 20 heavy (non-hydrogen) atoms. The average molecular weight is 256 g/mol. The van der Waals surface area contributed by atoms with Gasteiger partial charge in [-0.25, -0.2) is 0 Å². The van der Waals surface area contributed by atoms with Gasteiger partial charge in [-0.2, -0.15) is 0 Å². The summed E-state index contributed by atoms with van der Waals surface area (Å²) in [6.07, 6.45) is 0. The van der Waals surface area contributed by atoms with E-state index in [-0.39, 0.29) is 0 Å². The summed E-state index contributed by atoms with van der Waals surface area (Å²) in [6, 6.07) is 26.5. The molecule has 92 valence electrons. The van der Waals surface area contributed by atoms with E-state index in [1.807, 2.05) is 0 Å². The Bertz CT molecular complexity index is 1070. The Balaban J connectivity index is 2.23. The van der Waals surface area contributed by atoms with E-state index in [9.17, 15) is 0 Å². The van der Waals surface area contributed by atoms with Crippen molar-refractivity contribution < 1.29 is 0 Å². The summed E-state index contributed by atoms with van der Waals surface area (Å²) in [7, 11) is 0. The van der Waals surface area contributed by atoms with Crippen molar-refractivity contribution >= 4 is 43.1 Å². The Morgan fingerprint density at radius 3 is 2.00 bits per heavy atom. The SMILES string of the molecule is c1ccc2c(c1)cc1[13cH][13cH]c3cccc4[13cH][13cH]c2c1c34. The first kappa shape index (κ1) is 10.2. The van der Waals surface area contributed by atoms with Gasteiger partial charge >= 0.3 is 0 Å². The zero-order chi connectivity index (χ0) is 13.1. The van der Waals surface area contributed by atoms with Crippen LogP contribution in [0.15, 0.2) is 72.8 Å². The molecule has 0 amide bonds. The summed E-state index contributed by atoms with van der Waals surface area (Å²) in [5, 5.41) is 10.8. The van der Waals surface area contributed by atoms with E-state index in [0.717, 1.165) is 0 Å². The van der Waals surface area contributed by atoms with Crippen LogP contribution in [0.4, 0.5) is 0 Å². The lowest BCUT2D eigenvalue weighted by Crippen LogP contribution is -1.85. The minimum absolute atomic E-state index is 1.32. The molecule has 0 saturated heterocycles. The molecule has 0 fully saturated rings. The molecule has 0 unspecified atom stereocenters. The zero-order valence-corrected chi connectivity index (χ0v) is 10.9. The van der Waals surface area contributed by atoms with E-state index in [1.165, 1.54) is 43.1 Å². The molecule has 0 atom stereocenters. The molecule has 0 radical (unpaired) electrons. The van der Waals surface area contributed by atoms with E-state index >= 15 is 0 Å². The van der Waals surface area contributed by atoms with Gasteiger partial charge in [0.05, 0.1) is 0 Å². The third-order valence-corrected chi connectivity index (χ3v) is 4.37. The molecular weight excluding hydrogens is 244 g/mol. The standard InChI is InChI=1S/C20H12/c1-2-7-17-15(4-1)12-16-9-8-13-5-3-6-14-10-11-18(17)20(16)19(13)14/h1-12H/i8+1,9+1,10+1,11+1. The fourth-order valence-corrected chi connectivity index (χ4v) is 3.49. The molecule has 0 heteroatoms. The topological polar surface area (TPSA) is 0 Å². The highest BCUT2D eigenvalue weighted by molar-refractivity contribution is 6.28. The summed E-state index contributed by atoms with van der Waals surface area (Å²) in [6.45, 7) is 0. The van der Waals surface area contributed by atoms with Crippen LogP contribution in [-0.2, 0) is 0 Å². The number of benzene rings is 5. The molecule has 0 saturated carbocycles. The van der Waals surface area contributed by atoms with Crippen LogP contribution in [0.1, 0.15) is 0 Å². The minimum Gasteiger partial charge on any atom is -0.0616 e. The third kappa shape index (κ3) is 1.16. The molecular formula is C20H12. The van der Waals surface area contributed by atoms with Crippen molar-refractivity contribution in [2.24, 2.45) is 0 Å². The van der Waals surface area contributed by atoms with Crippen LogP contribution in [0.2, 0.25) is 0 Å². The van der Waals surface area contributed by atoms with Gasteiger partial charge in [-0.05, 0) is 49.2 Å². The first-order valence-electron chi connectivity index (χ1n) is 6.97. The van der Waals surface area contributed by atoms with Crippen LogP contribution in [0, 0.1) is 0 Å². The van der Waals surface area contributed by atoms with Crippen molar-refractivity contribution in [2.45, 2.75) is 0 Å². The quantitative estimate of drug-likeness (QED) is 0.245. The fourth-order valence-electron chi connectivity index (χ4n) is 3.49. The minimum atomic E-state index is 1.32. The van der Waals surface area contributed by atoms with E-state index in [0.29, 0.717) is 0 Å². The number of rotatable bonds is 0. The molecule has 0 bridgehead atoms. The second kappa shape index (κ2) is 3.49. The number of hydrogen-bond acceptors (Lipinski definition) is 0. The van der Waals surface area contributed by atoms with Crippen LogP contribution in [0.25, 0.3) is 43.1 Å². The zero-order valence-electron chi connectivity index (χ0n) is 10.9. The lowest BCUT2D eigenvalue weighted by atomic mass is 9.99. The molecule has 5 aromatic rings. The van der Waals surface area contributed by atoms with Crippen LogP contribution in [0.3, 0.4) is 0 Å². The van der Waals surface area contributed by atoms with Crippen molar-refractivity contribution in [2.75, 3.05) is 0 Å². The summed E-state index contributed by atoms with van der Waals surface area (Å²) in [5.41, 5.74) is 0. The monoisotopic (exact) mass is 256 g/mol. The predicted molar refractivity (Wildman–Crippen MR) is 87.7 cm³/mol. The molecule has 0 spiro atoms. The molecule has 0 aliphatic rings. The van der Waals surface area contributed by atoms with Gasteiger partial charge in [0.15, 0.2) is 0 Å². The maximum absolute atomic E-state index is 2.31. The van der Waals surface area contributed by atoms with E-state index < -0.39 is 0 Å². The van der Waals surface area contributed by atoms with Crippen LogP contribution in [-0.4, -0.2) is 0 Å². The highest BCUT2D eigenvalue weighted by atomic mass is 14.4. The molecule has 0 aliphatic heterocycles. The van der Waals surface area contributed by atoms with Gasteiger partial charge in [0.25, 0.3) is 0 Å². The van der Waals surface area contributed by atoms with E-state index in [4.69, 9.17) is 0 Å². The van der Waals surface area contributed by atoms with Gasteiger partial charge in [0.2, 0.25) is 0 Å². The highest BCUT2D eigenvalue weighted by Gasteiger charge is 2.09. The second-order valence-corrected chi connectivity index (χ2v) is 5.45. The van der Waals surface area contributed by atoms with Crippen LogP contribution in [0.5, 0.6) is 0 Å². The van der Waals surface area contributed by atoms with Crippen molar-refractivity contribution in [3.05, 3.63) is 72.8 Å². The predicted octanol–water partition coefficient (Wildman–Crippen LogP) is 5.74. The third-order valence-electron chi connectivity index (χ3n) is 4.37. The van der Waals surface area contributed by atoms with Crippen molar-refractivity contribution in [1.82, 2.24) is 0 Å². The molecule has 0 heterocycles.